The molecule has 0 spiro atoms. The second-order valence-electron chi connectivity index (χ2n) is 6.72. The van der Waals surface area contributed by atoms with Crippen molar-refractivity contribution in [2.24, 2.45) is 7.05 Å². The second kappa shape index (κ2) is 8.32. The summed E-state index contributed by atoms with van der Waals surface area (Å²) in [5.41, 5.74) is 5.95. The molecule has 0 aliphatic rings. The van der Waals surface area contributed by atoms with Gasteiger partial charge in [0.2, 0.25) is 11.0 Å². The van der Waals surface area contributed by atoms with Gasteiger partial charge in [0.25, 0.3) is 0 Å². The molecule has 0 aliphatic heterocycles. The van der Waals surface area contributed by atoms with Crippen LogP contribution in [0.5, 0.6) is 0 Å². The summed E-state index contributed by atoms with van der Waals surface area (Å²) in [5, 5.41) is 19.4. The van der Waals surface area contributed by atoms with Gasteiger partial charge in [-0.1, -0.05) is 29.2 Å². The van der Waals surface area contributed by atoms with E-state index >= 15 is 0 Å². The van der Waals surface area contributed by atoms with E-state index in [1.54, 1.807) is 4.68 Å². The summed E-state index contributed by atoms with van der Waals surface area (Å²) in [7, 11) is 1.86. The third kappa shape index (κ3) is 4.53. The van der Waals surface area contributed by atoms with Crippen molar-refractivity contribution in [1.82, 2.24) is 20.0 Å². The van der Waals surface area contributed by atoms with Crippen molar-refractivity contribution in [3.63, 3.8) is 0 Å². The molecule has 148 valence electrons. The first-order chi connectivity index (χ1) is 13.2. The predicted molar refractivity (Wildman–Crippen MR) is 116 cm³/mol. The van der Waals surface area contributed by atoms with Gasteiger partial charge in [0.15, 0.2) is 4.34 Å². The molecule has 0 aliphatic carbocycles. The Balaban J connectivity index is 1.62. The van der Waals surface area contributed by atoms with E-state index in [-0.39, 0.29) is 11.2 Å². The number of hydrogen-bond donors (Lipinski definition) is 2. The fourth-order valence-corrected chi connectivity index (χ4v) is 4.55. The van der Waals surface area contributed by atoms with E-state index in [1.807, 2.05) is 33.9 Å². The molecule has 0 unspecified atom stereocenters. The largest absolute Gasteiger partial charge is 0.330 e. The number of aryl methyl sites for hydroxylation is 4. The minimum absolute atomic E-state index is 0.0805. The molecule has 2 aromatic heterocycles. The SMILES string of the molecule is Cc1ccc(Nc2nnc(S[C@H](C)C(=O)Nc3c(C)nn(C)c3C)s2)cc1C. The highest BCUT2D eigenvalue weighted by atomic mass is 32.2. The number of rotatable bonds is 6. The van der Waals surface area contributed by atoms with Crippen LogP contribution in [0.4, 0.5) is 16.5 Å². The van der Waals surface area contributed by atoms with Crippen LogP contribution in [0.15, 0.2) is 22.5 Å². The van der Waals surface area contributed by atoms with E-state index in [4.69, 9.17) is 0 Å². The van der Waals surface area contributed by atoms with Crippen molar-refractivity contribution < 1.29 is 4.79 Å². The van der Waals surface area contributed by atoms with Crippen LogP contribution in [0.25, 0.3) is 0 Å². The molecule has 0 saturated carbocycles. The molecule has 0 bridgehead atoms. The Kier molecular flexibility index (Phi) is 6.04. The van der Waals surface area contributed by atoms with Crippen LogP contribution in [0.3, 0.4) is 0 Å². The molecule has 2 N–H and O–H groups in total. The Morgan fingerprint density at radius 3 is 2.57 bits per heavy atom. The Bertz CT molecular complexity index is 1010. The number of aromatic nitrogens is 4. The molecule has 1 aromatic carbocycles. The number of amides is 1. The smallest absolute Gasteiger partial charge is 0.237 e. The van der Waals surface area contributed by atoms with Gasteiger partial charge in [-0.15, -0.1) is 10.2 Å². The number of nitrogens with zero attached hydrogens (tertiary/aromatic N) is 4. The van der Waals surface area contributed by atoms with Crippen LogP contribution in [0.1, 0.15) is 29.4 Å². The molecule has 0 saturated heterocycles. The fraction of sp³-hybridized carbons (Fsp3) is 0.368. The van der Waals surface area contributed by atoms with Crippen LogP contribution < -0.4 is 10.6 Å². The van der Waals surface area contributed by atoms with E-state index < -0.39 is 0 Å². The van der Waals surface area contributed by atoms with Gasteiger partial charge in [-0.05, 0) is 57.9 Å². The first kappa shape index (κ1) is 20.3. The molecular weight excluding hydrogens is 392 g/mol. The van der Waals surface area contributed by atoms with E-state index in [1.165, 1.54) is 34.2 Å². The van der Waals surface area contributed by atoms with Crippen molar-refractivity contribution in [2.75, 3.05) is 10.6 Å². The number of nitrogens with one attached hydrogen (secondary N) is 2. The molecule has 0 radical (unpaired) electrons. The Labute approximate surface area is 173 Å². The van der Waals surface area contributed by atoms with Gasteiger partial charge in [0.1, 0.15) is 0 Å². The van der Waals surface area contributed by atoms with Gasteiger partial charge in [-0.3, -0.25) is 9.48 Å². The summed E-state index contributed by atoms with van der Waals surface area (Å²) >= 11 is 2.83. The number of benzene rings is 1. The molecule has 9 heteroatoms. The van der Waals surface area contributed by atoms with Crippen molar-refractivity contribution in [1.29, 1.82) is 0 Å². The number of carbonyl (C=O) groups is 1. The molecule has 0 fully saturated rings. The average Bonchev–Trinajstić information content (AvgIpc) is 3.17. The predicted octanol–water partition coefficient (Wildman–Crippen LogP) is 4.37. The number of thioether (sulfide) groups is 1. The summed E-state index contributed by atoms with van der Waals surface area (Å²) in [6, 6.07) is 6.17. The summed E-state index contributed by atoms with van der Waals surface area (Å²) < 4.78 is 2.51. The maximum Gasteiger partial charge on any atom is 0.237 e. The topological polar surface area (TPSA) is 84.7 Å². The van der Waals surface area contributed by atoms with E-state index in [0.717, 1.165) is 27.1 Å². The number of carbonyl (C=O) groups excluding carboxylic acids is 1. The normalized spacial score (nSPS) is 12.1. The summed E-state index contributed by atoms with van der Waals surface area (Å²) in [6.07, 6.45) is 0. The summed E-state index contributed by atoms with van der Waals surface area (Å²) in [6.45, 7) is 9.84. The maximum absolute atomic E-state index is 12.6. The van der Waals surface area contributed by atoms with E-state index in [0.29, 0.717) is 5.13 Å². The monoisotopic (exact) mass is 416 g/mol. The van der Waals surface area contributed by atoms with Gasteiger partial charge in [-0.2, -0.15) is 5.10 Å². The standard InChI is InChI=1S/C19H24N6OS2/c1-10-7-8-15(9-11(10)2)20-18-22-23-19(28-18)27-14(5)17(26)21-16-12(3)24-25(6)13(16)4/h7-9,14H,1-6H3,(H,20,22)(H,21,26)/t14-/m1/s1. The summed E-state index contributed by atoms with van der Waals surface area (Å²) in [5.74, 6) is -0.0805. The minimum Gasteiger partial charge on any atom is -0.330 e. The quantitative estimate of drug-likeness (QED) is 0.581. The third-order valence-electron chi connectivity index (χ3n) is 4.57. The van der Waals surface area contributed by atoms with Crippen molar-refractivity contribution >= 4 is 45.5 Å². The minimum atomic E-state index is -0.304. The molecule has 7 nitrogen and oxygen atoms in total. The molecule has 1 atom stereocenters. The van der Waals surface area contributed by atoms with Crippen molar-refractivity contribution in [2.45, 2.75) is 44.2 Å². The highest BCUT2D eigenvalue weighted by Crippen LogP contribution is 2.31. The van der Waals surface area contributed by atoms with E-state index in [2.05, 4.69) is 51.9 Å². The maximum atomic E-state index is 12.6. The van der Waals surface area contributed by atoms with Crippen LogP contribution >= 0.6 is 23.1 Å². The number of anilines is 3. The highest BCUT2D eigenvalue weighted by Gasteiger charge is 2.20. The molecule has 1 amide bonds. The van der Waals surface area contributed by atoms with Crippen molar-refractivity contribution in [3.8, 4) is 0 Å². The fourth-order valence-electron chi connectivity index (χ4n) is 2.63. The third-order valence-corrected chi connectivity index (χ3v) is 6.59. The lowest BCUT2D eigenvalue weighted by molar-refractivity contribution is -0.115. The molecule has 28 heavy (non-hydrogen) atoms. The highest BCUT2D eigenvalue weighted by molar-refractivity contribution is 8.02. The van der Waals surface area contributed by atoms with Crippen LogP contribution in [0.2, 0.25) is 0 Å². The Morgan fingerprint density at radius 2 is 1.93 bits per heavy atom. The Morgan fingerprint density at radius 1 is 1.18 bits per heavy atom. The van der Waals surface area contributed by atoms with Gasteiger partial charge in [0, 0.05) is 12.7 Å². The lowest BCUT2D eigenvalue weighted by atomic mass is 10.1. The number of hydrogen-bond acceptors (Lipinski definition) is 7. The first-order valence-electron chi connectivity index (χ1n) is 8.90. The van der Waals surface area contributed by atoms with Gasteiger partial charge in [0.05, 0.1) is 22.3 Å². The molecule has 3 aromatic rings. The zero-order valence-electron chi connectivity index (χ0n) is 16.8. The van der Waals surface area contributed by atoms with E-state index in [9.17, 15) is 4.79 Å². The second-order valence-corrected chi connectivity index (χ2v) is 9.28. The molecule has 3 rings (SSSR count). The average molecular weight is 417 g/mol. The van der Waals surface area contributed by atoms with Gasteiger partial charge in [-0.25, -0.2) is 0 Å². The van der Waals surface area contributed by atoms with Gasteiger partial charge < -0.3 is 10.6 Å². The lowest BCUT2D eigenvalue weighted by Gasteiger charge is -2.10. The van der Waals surface area contributed by atoms with Crippen molar-refractivity contribution in [3.05, 3.63) is 40.7 Å². The first-order valence-corrected chi connectivity index (χ1v) is 10.6. The van der Waals surface area contributed by atoms with Crippen LogP contribution in [0, 0.1) is 27.7 Å². The van der Waals surface area contributed by atoms with Crippen LogP contribution in [-0.4, -0.2) is 31.1 Å². The zero-order valence-corrected chi connectivity index (χ0v) is 18.5. The summed E-state index contributed by atoms with van der Waals surface area (Å²) in [4.78, 5) is 12.6. The van der Waals surface area contributed by atoms with Gasteiger partial charge >= 0.3 is 0 Å². The molecule has 2 heterocycles. The molecular formula is C19H24N6OS2. The lowest BCUT2D eigenvalue weighted by Crippen LogP contribution is -2.23. The Hall–Kier alpha value is -2.39. The zero-order chi connectivity index (χ0) is 20.4. The van der Waals surface area contributed by atoms with Crippen LogP contribution in [-0.2, 0) is 11.8 Å².